The van der Waals surface area contributed by atoms with Gasteiger partial charge in [-0.05, 0) is 91.5 Å². The van der Waals surface area contributed by atoms with Crippen molar-refractivity contribution in [3.05, 3.63) is 58.4 Å². The minimum Gasteiger partial charge on any atom is -0.477 e. The number of halogens is 5. The zero-order chi connectivity index (χ0) is 27.4. The number of aromatic carboxylic acids is 1. The summed E-state index contributed by atoms with van der Waals surface area (Å²) in [4.78, 5) is 11.5. The van der Waals surface area contributed by atoms with E-state index in [0.29, 0.717) is 36.8 Å². The van der Waals surface area contributed by atoms with Crippen molar-refractivity contribution < 1.29 is 31.9 Å². The predicted molar refractivity (Wildman–Crippen MR) is 138 cm³/mol. The first-order valence-electron chi connectivity index (χ1n) is 14.1. The molecule has 0 aromatic heterocycles. The number of hydrogen-bond donors (Lipinski definition) is 1. The Morgan fingerprint density at radius 2 is 1.34 bits per heavy atom. The molecule has 2 aliphatic rings. The van der Waals surface area contributed by atoms with Crippen molar-refractivity contribution in [2.24, 2.45) is 17.8 Å². The van der Waals surface area contributed by atoms with Crippen LogP contribution in [0, 0.1) is 46.8 Å². The Hall–Kier alpha value is -2.44. The predicted octanol–water partition coefficient (Wildman–Crippen LogP) is 9.80. The van der Waals surface area contributed by atoms with E-state index in [1.807, 2.05) is 0 Å². The third-order valence-electron chi connectivity index (χ3n) is 8.97. The van der Waals surface area contributed by atoms with Crippen molar-refractivity contribution >= 4 is 5.97 Å². The zero-order valence-electron chi connectivity index (χ0n) is 22.0. The normalized spacial score (nSPS) is 23.9. The lowest BCUT2D eigenvalue weighted by atomic mass is 9.67. The van der Waals surface area contributed by atoms with Gasteiger partial charge < -0.3 is 5.11 Å². The number of carboxylic acids is 1. The molecule has 0 amide bonds. The van der Waals surface area contributed by atoms with Gasteiger partial charge in [0, 0.05) is 5.56 Å². The first-order valence-corrected chi connectivity index (χ1v) is 14.1. The molecule has 2 aromatic carbocycles. The van der Waals surface area contributed by atoms with Crippen LogP contribution in [-0.4, -0.2) is 11.1 Å². The molecule has 2 saturated carbocycles. The topological polar surface area (TPSA) is 37.3 Å². The Bertz CT molecular complexity index is 1110. The van der Waals surface area contributed by atoms with E-state index in [2.05, 4.69) is 6.92 Å². The van der Waals surface area contributed by atoms with E-state index in [4.69, 9.17) is 0 Å². The summed E-state index contributed by atoms with van der Waals surface area (Å²) in [5.41, 5.74) is -1.71. The third-order valence-corrected chi connectivity index (χ3v) is 8.97. The highest BCUT2D eigenvalue weighted by molar-refractivity contribution is 5.91. The molecule has 0 saturated heterocycles. The van der Waals surface area contributed by atoms with Gasteiger partial charge >= 0.3 is 5.97 Å². The van der Waals surface area contributed by atoms with E-state index in [0.717, 1.165) is 24.8 Å². The van der Waals surface area contributed by atoms with Crippen LogP contribution in [-0.2, 0) is 0 Å². The second-order valence-corrected chi connectivity index (χ2v) is 11.3. The Labute approximate surface area is 221 Å². The standard InChI is InChI=1S/C31H37F5O2/c1-2-3-4-5-6-18-7-9-19(10-8-18)20-11-13-21(14-12-20)23-17-24(32)28(31(37)38)30(36)27(23)22-15-25(33)29(35)26(34)16-22/h15-21H,2-14H2,1H3,(H,37,38)/t18-,19-,20?,21?. The number of carboxylic acid groups (broad SMARTS) is 1. The SMILES string of the molecule is CCCCCC[C@H]1CC[C@H](C2CCC(c3cc(F)c(C(=O)O)c(F)c3-c3cc(F)c(F)c(F)c3)CC2)CC1. The number of unbranched alkanes of at least 4 members (excludes halogenated alkanes) is 3. The summed E-state index contributed by atoms with van der Waals surface area (Å²) in [6.45, 7) is 2.22. The van der Waals surface area contributed by atoms with Crippen molar-refractivity contribution in [2.75, 3.05) is 0 Å². The second kappa shape index (κ2) is 12.6. The Kier molecular flexibility index (Phi) is 9.48. The van der Waals surface area contributed by atoms with Gasteiger partial charge in [-0.25, -0.2) is 26.7 Å². The minimum atomic E-state index is -1.82. The molecule has 0 unspecified atom stereocenters. The molecule has 2 aliphatic carbocycles. The zero-order valence-corrected chi connectivity index (χ0v) is 22.0. The highest BCUT2D eigenvalue weighted by Crippen LogP contribution is 2.47. The molecule has 1 N–H and O–H groups in total. The van der Waals surface area contributed by atoms with Crippen LogP contribution in [0.15, 0.2) is 18.2 Å². The van der Waals surface area contributed by atoms with Gasteiger partial charge in [-0.3, -0.25) is 0 Å². The summed E-state index contributed by atoms with van der Waals surface area (Å²) in [6, 6.07) is 2.25. The molecule has 4 rings (SSSR count). The summed E-state index contributed by atoms with van der Waals surface area (Å²) in [6.07, 6.45) is 14.5. The van der Waals surface area contributed by atoms with Gasteiger partial charge in [-0.15, -0.1) is 0 Å². The fourth-order valence-electron chi connectivity index (χ4n) is 6.86. The maximum Gasteiger partial charge on any atom is 0.341 e. The molecule has 0 atom stereocenters. The van der Waals surface area contributed by atoms with Gasteiger partial charge in [0.1, 0.15) is 17.2 Å². The van der Waals surface area contributed by atoms with Gasteiger partial charge in [-0.2, -0.15) is 0 Å². The lowest BCUT2D eigenvalue weighted by molar-refractivity contribution is 0.0686. The molecule has 208 valence electrons. The van der Waals surface area contributed by atoms with Gasteiger partial charge in [0.25, 0.3) is 0 Å². The molecule has 2 nitrogen and oxygen atoms in total. The number of carbonyl (C=O) groups is 1. The Morgan fingerprint density at radius 3 is 1.89 bits per heavy atom. The summed E-state index contributed by atoms with van der Waals surface area (Å²) >= 11 is 0. The van der Waals surface area contributed by atoms with Crippen molar-refractivity contribution in [1.29, 1.82) is 0 Å². The maximum atomic E-state index is 15.4. The molecule has 2 aromatic rings. The van der Waals surface area contributed by atoms with E-state index in [-0.39, 0.29) is 22.6 Å². The van der Waals surface area contributed by atoms with Gasteiger partial charge in [0.05, 0.1) is 0 Å². The van der Waals surface area contributed by atoms with Gasteiger partial charge in [-0.1, -0.05) is 51.9 Å². The molecule has 2 fully saturated rings. The van der Waals surface area contributed by atoms with Crippen LogP contribution >= 0.6 is 0 Å². The van der Waals surface area contributed by atoms with Crippen LogP contribution in [0.2, 0.25) is 0 Å². The van der Waals surface area contributed by atoms with Crippen molar-refractivity contribution in [3.8, 4) is 11.1 Å². The number of rotatable bonds is 9. The summed E-state index contributed by atoms with van der Waals surface area (Å²) < 4.78 is 71.8. The smallest absolute Gasteiger partial charge is 0.341 e. The van der Waals surface area contributed by atoms with Crippen LogP contribution in [0.5, 0.6) is 0 Å². The van der Waals surface area contributed by atoms with Crippen LogP contribution in [0.3, 0.4) is 0 Å². The molecule has 38 heavy (non-hydrogen) atoms. The van der Waals surface area contributed by atoms with Crippen LogP contribution < -0.4 is 0 Å². The third kappa shape index (κ3) is 6.23. The summed E-state index contributed by atoms with van der Waals surface area (Å²) in [7, 11) is 0. The average molecular weight is 537 g/mol. The molecule has 0 heterocycles. The highest BCUT2D eigenvalue weighted by atomic mass is 19.2. The molecule has 0 aliphatic heterocycles. The van der Waals surface area contributed by atoms with E-state index in [1.54, 1.807) is 0 Å². The van der Waals surface area contributed by atoms with Gasteiger partial charge in [0.2, 0.25) is 0 Å². The maximum absolute atomic E-state index is 15.4. The monoisotopic (exact) mass is 536 g/mol. The fraction of sp³-hybridized carbons (Fsp3) is 0.581. The molecular formula is C31H37F5O2. The van der Waals surface area contributed by atoms with E-state index in [9.17, 15) is 27.5 Å². The van der Waals surface area contributed by atoms with E-state index < -0.39 is 40.6 Å². The number of benzene rings is 2. The quantitative estimate of drug-likeness (QED) is 0.197. The highest BCUT2D eigenvalue weighted by Gasteiger charge is 2.34. The summed E-state index contributed by atoms with van der Waals surface area (Å²) in [5, 5.41) is 9.35. The molecule has 7 heteroatoms. The molecule has 0 bridgehead atoms. The largest absolute Gasteiger partial charge is 0.477 e. The Balaban J connectivity index is 1.49. The molecule has 0 spiro atoms. The van der Waals surface area contributed by atoms with Gasteiger partial charge in [0.15, 0.2) is 17.5 Å². The van der Waals surface area contributed by atoms with Crippen molar-refractivity contribution in [3.63, 3.8) is 0 Å². The first kappa shape index (κ1) is 28.6. The fourth-order valence-corrected chi connectivity index (χ4v) is 6.86. The van der Waals surface area contributed by atoms with Crippen LogP contribution in [0.1, 0.15) is 112 Å². The molecular weight excluding hydrogens is 499 g/mol. The number of hydrogen-bond acceptors (Lipinski definition) is 1. The minimum absolute atomic E-state index is 0.185. The lowest BCUT2D eigenvalue weighted by Crippen LogP contribution is -2.25. The Morgan fingerprint density at radius 1 is 0.763 bits per heavy atom. The first-order chi connectivity index (χ1) is 18.2. The van der Waals surface area contributed by atoms with Crippen molar-refractivity contribution in [1.82, 2.24) is 0 Å². The van der Waals surface area contributed by atoms with E-state index in [1.165, 1.54) is 57.8 Å². The lowest BCUT2D eigenvalue weighted by Gasteiger charge is -2.38. The van der Waals surface area contributed by atoms with Crippen LogP contribution in [0.4, 0.5) is 22.0 Å². The van der Waals surface area contributed by atoms with E-state index >= 15 is 4.39 Å². The molecule has 0 radical (unpaired) electrons. The van der Waals surface area contributed by atoms with Crippen LogP contribution in [0.25, 0.3) is 11.1 Å². The average Bonchev–Trinajstić information content (AvgIpc) is 2.89. The van der Waals surface area contributed by atoms with Crippen molar-refractivity contribution in [2.45, 2.75) is 96.3 Å². The second-order valence-electron chi connectivity index (χ2n) is 11.3. The summed E-state index contributed by atoms with van der Waals surface area (Å²) in [5.74, 6) is -7.47.